The summed E-state index contributed by atoms with van der Waals surface area (Å²) in [5.41, 5.74) is 0.570. The Hall–Kier alpha value is -1.43. The van der Waals surface area contributed by atoms with Gasteiger partial charge in [0.05, 0.1) is 6.54 Å². The van der Waals surface area contributed by atoms with Crippen molar-refractivity contribution in [3.8, 4) is 0 Å². The van der Waals surface area contributed by atoms with Gasteiger partial charge in [0.2, 0.25) is 11.8 Å². The third kappa shape index (κ3) is 2.85. The Bertz CT molecular complexity index is 516. The van der Waals surface area contributed by atoms with Gasteiger partial charge >= 0.3 is 0 Å². The monoisotopic (exact) mass is 299 g/mol. The number of hydrogen-bond acceptors (Lipinski definition) is 3. The highest BCUT2D eigenvalue weighted by atomic mass is 32.2. The number of carbonyl (C=O) groups excluding carboxylic acids is 2. The molecule has 1 saturated heterocycles. The summed E-state index contributed by atoms with van der Waals surface area (Å²) < 4.78 is 25.0. The second-order valence-electron chi connectivity index (χ2n) is 4.83. The number of carbonyl (C=O) groups is 2. The lowest BCUT2D eigenvalue weighted by molar-refractivity contribution is -0.140. The maximum absolute atomic E-state index is 12.5. The van der Waals surface area contributed by atoms with Gasteiger partial charge in [0.25, 0.3) is 5.76 Å². The predicted molar refractivity (Wildman–Crippen MR) is 72.2 cm³/mol. The minimum atomic E-state index is -2.53. The summed E-state index contributed by atoms with van der Waals surface area (Å²) in [4.78, 5) is 25.6. The van der Waals surface area contributed by atoms with Crippen LogP contribution < -0.4 is 0 Å². The van der Waals surface area contributed by atoms with Crippen LogP contribution in [0.25, 0.3) is 0 Å². The first kappa shape index (κ1) is 15.0. The number of nitrogens with zero attached hydrogens (tertiary/aromatic N) is 1. The van der Waals surface area contributed by atoms with Gasteiger partial charge in [0.15, 0.2) is 0 Å². The van der Waals surface area contributed by atoms with Crippen LogP contribution >= 0.6 is 11.8 Å². The molecule has 1 aromatic carbocycles. The van der Waals surface area contributed by atoms with Gasteiger partial charge in [-0.25, -0.2) is 0 Å². The zero-order chi connectivity index (χ0) is 14.9. The highest BCUT2D eigenvalue weighted by Crippen LogP contribution is 2.32. The van der Waals surface area contributed by atoms with E-state index in [2.05, 4.69) is 0 Å². The number of amides is 2. The first-order valence-electron chi connectivity index (χ1n) is 6.29. The Morgan fingerprint density at radius 3 is 2.25 bits per heavy atom. The van der Waals surface area contributed by atoms with Crippen molar-refractivity contribution in [1.29, 1.82) is 0 Å². The van der Waals surface area contributed by atoms with Gasteiger partial charge in [-0.15, -0.1) is 0 Å². The largest absolute Gasteiger partial charge is 0.288 e. The maximum atomic E-state index is 12.5. The summed E-state index contributed by atoms with van der Waals surface area (Å²) >= 11 is 0.430. The molecule has 1 heterocycles. The van der Waals surface area contributed by atoms with E-state index in [-0.39, 0.29) is 30.2 Å². The molecular weight excluding hydrogens is 284 g/mol. The molecule has 1 aliphatic heterocycles. The van der Waals surface area contributed by atoms with Crippen molar-refractivity contribution in [3.05, 3.63) is 29.8 Å². The minimum absolute atomic E-state index is 0.0578. The molecule has 0 aromatic heterocycles. The normalized spacial score (nSPS) is 22.9. The van der Waals surface area contributed by atoms with Crippen LogP contribution in [0.15, 0.2) is 29.2 Å². The van der Waals surface area contributed by atoms with Crippen molar-refractivity contribution in [2.75, 3.05) is 0 Å². The second-order valence-corrected chi connectivity index (χ2v) is 5.86. The van der Waals surface area contributed by atoms with Crippen molar-refractivity contribution < 1.29 is 18.4 Å². The number of rotatable bonds is 4. The summed E-state index contributed by atoms with van der Waals surface area (Å²) in [5.74, 6) is -3.70. The molecular formula is C14H15F2NO2S. The van der Waals surface area contributed by atoms with Crippen LogP contribution in [-0.4, -0.2) is 22.5 Å². The molecule has 2 amide bonds. The summed E-state index contributed by atoms with van der Waals surface area (Å²) in [6, 6.07) is 6.61. The molecule has 20 heavy (non-hydrogen) atoms. The Labute approximate surface area is 120 Å². The third-order valence-electron chi connectivity index (χ3n) is 3.58. The average molecular weight is 299 g/mol. The molecule has 2 rings (SSSR count). The second kappa shape index (κ2) is 5.91. The standard InChI is InChI=1S/C14H15F2NO2S/c1-8-9(2)13(19)17(12(8)18)7-10-5-3-4-6-11(10)20-14(15)16/h3-6,8-9,14H,7H2,1-2H3/t8-,9-/m1/s1. The number of likely N-dealkylation sites (tertiary alicyclic amines) is 1. The molecule has 1 fully saturated rings. The molecule has 0 bridgehead atoms. The van der Waals surface area contributed by atoms with E-state index in [0.29, 0.717) is 22.2 Å². The smallest absolute Gasteiger partial charge is 0.278 e. The van der Waals surface area contributed by atoms with Gasteiger partial charge < -0.3 is 0 Å². The van der Waals surface area contributed by atoms with Crippen LogP contribution in [0, 0.1) is 11.8 Å². The topological polar surface area (TPSA) is 37.4 Å². The Morgan fingerprint density at radius 1 is 1.15 bits per heavy atom. The number of thioether (sulfide) groups is 1. The first-order chi connectivity index (χ1) is 9.41. The summed E-state index contributed by atoms with van der Waals surface area (Å²) in [7, 11) is 0. The van der Waals surface area contributed by atoms with Crippen LogP contribution in [0.2, 0.25) is 0 Å². The first-order valence-corrected chi connectivity index (χ1v) is 7.17. The number of imide groups is 1. The van der Waals surface area contributed by atoms with E-state index in [1.807, 2.05) is 0 Å². The Balaban J connectivity index is 2.22. The van der Waals surface area contributed by atoms with E-state index < -0.39 is 5.76 Å². The quantitative estimate of drug-likeness (QED) is 0.633. The van der Waals surface area contributed by atoms with Crippen LogP contribution in [0.4, 0.5) is 8.78 Å². The van der Waals surface area contributed by atoms with Gasteiger partial charge in [-0.05, 0) is 11.6 Å². The summed E-state index contributed by atoms with van der Waals surface area (Å²) in [5, 5.41) is 0. The lowest BCUT2D eigenvalue weighted by atomic mass is 10.00. The molecule has 0 unspecified atom stereocenters. The van der Waals surface area contributed by atoms with E-state index >= 15 is 0 Å². The zero-order valence-corrected chi connectivity index (χ0v) is 12.0. The zero-order valence-electron chi connectivity index (χ0n) is 11.2. The van der Waals surface area contributed by atoms with Gasteiger partial charge in [0.1, 0.15) is 0 Å². The molecule has 108 valence electrons. The van der Waals surface area contributed by atoms with Crippen LogP contribution in [0.1, 0.15) is 19.4 Å². The fourth-order valence-electron chi connectivity index (χ4n) is 2.20. The Morgan fingerprint density at radius 2 is 1.70 bits per heavy atom. The minimum Gasteiger partial charge on any atom is -0.278 e. The van der Waals surface area contributed by atoms with Crippen molar-refractivity contribution >= 4 is 23.6 Å². The van der Waals surface area contributed by atoms with Crippen molar-refractivity contribution in [1.82, 2.24) is 4.90 Å². The average Bonchev–Trinajstić information content (AvgIpc) is 2.58. The Kier molecular flexibility index (Phi) is 4.42. The van der Waals surface area contributed by atoms with E-state index in [1.165, 1.54) is 4.90 Å². The molecule has 0 spiro atoms. The van der Waals surface area contributed by atoms with Crippen molar-refractivity contribution in [2.24, 2.45) is 11.8 Å². The molecule has 1 aromatic rings. The predicted octanol–water partition coefficient (Wildman–Crippen LogP) is 3.14. The molecule has 6 heteroatoms. The molecule has 1 aliphatic rings. The maximum Gasteiger partial charge on any atom is 0.288 e. The molecule has 0 radical (unpaired) electrons. The highest BCUT2D eigenvalue weighted by molar-refractivity contribution is 7.99. The van der Waals surface area contributed by atoms with Gasteiger partial charge in [-0.2, -0.15) is 8.78 Å². The van der Waals surface area contributed by atoms with E-state index in [0.717, 1.165) is 0 Å². The van der Waals surface area contributed by atoms with E-state index in [1.54, 1.807) is 38.1 Å². The number of hydrogen-bond donors (Lipinski definition) is 0. The van der Waals surface area contributed by atoms with Gasteiger partial charge in [0, 0.05) is 16.7 Å². The molecule has 2 atom stereocenters. The summed E-state index contributed by atoms with van der Waals surface area (Å²) in [6.07, 6.45) is 0. The van der Waals surface area contributed by atoms with Crippen LogP contribution in [-0.2, 0) is 16.1 Å². The lowest BCUT2D eigenvalue weighted by Gasteiger charge is -2.17. The highest BCUT2D eigenvalue weighted by Gasteiger charge is 2.42. The van der Waals surface area contributed by atoms with E-state index in [9.17, 15) is 18.4 Å². The third-order valence-corrected chi connectivity index (χ3v) is 4.41. The van der Waals surface area contributed by atoms with Crippen molar-refractivity contribution in [3.63, 3.8) is 0 Å². The number of benzene rings is 1. The van der Waals surface area contributed by atoms with E-state index in [4.69, 9.17) is 0 Å². The van der Waals surface area contributed by atoms with Crippen LogP contribution in [0.3, 0.4) is 0 Å². The van der Waals surface area contributed by atoms with Crippen molar-refractivity contribution in [2.45, 2.75) is 31.0 Å². The van der Waals surface area contributed by atoms with Gasteiger partial charge in [-0.1, -0.05) is 43.8 Å². The molecule has 0 aliphatic carbocycles. The van der Waals surface area contributed by atoms with Crippen LogP contribution in [0.5, 0.6) is 0 Å². The number of alkyl halides is 2. The summed E-state index contributed by atoms with van der Waals surface area (Å²) in [6.45, 7) is 3.48. The SMILES string of the molecule is C[C@H]1C(=O)N(Cc2ccccc2SC(F)F)C(=O)[C@@H]1C. The number of halogens is 2. The fourth-order valence-corrected chi connectivity index (χ4v) is 2.83. The lowest BCUT2D eigenvalue weighted by Crippen LogP contribution is -2.30. The molecule has 0 saturated carbocycles. The molecule has 0 N–H and O–H groups in total. The molecule has 3 nitrogen and oxygen atoms in total. The van der Waals surface area contributed by atoms with Gasteiger partial charge in [-0.3, -0.25) is 14.5 Å². The fraction of sp³-hybridized carbons (Fsp3) is 0.429.